The van der Waals surface area contributed by atoms with Gasteiger partial charge in [-0.25, -0.2) is 9.97 Å². The fourth-order valence-corrected chi connectivity index (χ4v) is 2.64. The normalized spacial score (nSPS) is 16.6. The molecule has 5 heteroatoms. The molecule has 0 bridgehead atoms. The molecule has 0 saturated heterocycles. The van der Waals surface area contributed by atoms with Gasteiger partial charge < -0.3 is 14.8 Å². The number of anilines is 1. The first-order chi connectivity index (χ1) is 10.7. The summed E-state index contributed by atoms with van der Waals surface area (Å²) in [6.45, 7) is 4.67. The van der Waals surface area contributed by atoms with Crippen LogP contribution in [0.5, 0.6) is 11.5 Å². The van der Waals surface area contributed by atoms with E-state index in [0.29, 0.717) is 6.61 Å². The van der Waals surface area contributed by atoms with Crippen molar-refractivity contribution in [3.05, 3.63) is 41.3 Å². The topological polar surface area (TPSA) is 56.3 Å². The van der Waals surface area contributed by atoms with E-state index >= 15 is 0 Å². The van der Waals surface area contributed by atoms with Crippen molar-refractivity contribution < 1.29 is 9.47 Å². The van der Waals surface area contributed by atoms with E-state index < -0.39 is 0 Å². The van der Waals surface area contributed by atoms with Crippen LogP contribution in [0.25, 0.3) is 0 Å². The third-order valence-corrected chi connectivity index (χ3v) is 3.75. The van der Waals surface area contributed by atoms with E-state index in [-0.39, 0.29) is 6.04 Å². The molecule has 0 radical (unpaired) electrons. The fourth-order valence-electron chi connectivity index (χ4n) is 2.64. The van der Waals surface area contributed by atoms with Crippen LogP contribution in [0.1, 0.15) is 24.0 Å². The van der Waals surface area contributed by atoms with Gasteiger partial charge in [0, 0.05) is 24.2 Å². The Morgan fingerprint density at radius 2 is 2.18 bits per heavy atom. The van der Waals surface area contributed by atoms with Gasteiger partial charge >= 0.3 is 0 Å². The van der Waals surface area contributed by atoms with Gasteiger partial charge in [-0.1, -0.05) is 13.0 Å². The summed E-state index contributed by atoms with van der Waals surface area (Å²) in [5, 5.41) is 3.46. The second-order valence-corrected chi connectivity index (χ2v) is 5.49. The minimum Gasteiger partial charge on any atom is -0.497 e. The molecule has 0 amide bonds. The smallest absolute Gasteiger partial charge is 0.130 e. The molecular weight excluding hydrogens is 278 g/mol. The number of aryl methyl sites for hydroxylation is 2. The molecular formula is C17H21N3O2. The van der Waals surface area contributed by atoms with Crippen molar-refractivity contribution >= 4 is 5.82 Å². The van der Waals surface area contributed by atoms with Gasteiger partial charge in [-0.2, -0.15) is 0 Å². The maximum Gasteiger partial charge on any atom is 0.130 e. The zero-order valence-electron chi connectivity index (χ0n) is 13.2. The summed E-state index contributed by atoms with van der Waals surface area (Å²) in [4.78, 5) is 8.94. The molecule has 1 aromatic carbocycles. The largest absolute Gasteiger partial charge is 0.497 e. The number of ether oxygens (including phenoxy) is 2. The highest BCUT2D eigenvalue weighted by molar-refractivity contribution is 5.44. The minimum absolute atomic E-state index is 0.208. The van der Waals surface area contributed by atoms with E-state index in [9.17, 15) is 0 Å². The zero-order valence-corrected chi connectivity index (χ0v) is 13.2. The average molecular weight is 299 g/mol. The van der Waals surface area contributed by atoms with Crippen molar-refractivity contribution in [1.29, 1.82) is 0 Å². The van der Waals surface area contributed by atoms with Crippen molar-refractivity contribution in [2.24, 2.45) is 0 Å². The standard InChI is InChI=1S/C17H21N3O2/c1-4-16-18-11(2)7-17(20-16)19-13-8-12-5-6-14(21-3)9-15(12)22-10-13/h5-7,9,13H,4,8,10H2,1-3H3,(H,18,19,20). The quantitative estimate of drug-likeness (QED) is 0.941. The number of methoxy groups -OCH3 is 1. The van der Waals surface area contributed by atoms with Crippen LogP contribution in [0, 0.1) is 6.92 Å². The Kier molecular flexibility index (Phi) is 4.13. The number of fused-ring (bicyclic) bond motifs is 1. The molecule has 0 aliphatic carbocycles. The Balaban J connectivity index is 1.74. The Hall–Kier alpha value is -2.30. The second kappa shape index (κ2) is 6.22. The average Bonchev–Trinajstić information content (AvgIpc) is 2.53. The van der Waals surface area contributed by atoms with Crippen molar-refractivity contribution in [3.63, 3.8) is 0 Å². The van der Waals surface area contributed by atoms with E-state index in [0.717, 1.165) is 41.7 Å². The van der Waals surface area contributed by atoms with E-state index in [1.807, 2.05) is 25.1 Å². The molecule has 2 aromatic rings. The monoisotopic (exact) mass is 299 g/mol. The molecule has 22 heavy (non-hydrogen) atoms. The summed E-state index contributed by atoms with van der Waals surface area (Å²) < 4.78 is 11.1. The molecule has 1 atom stereocenters. The van der Waals surface area contributed by atoms with Crippen LogP contribution in [0.4, 0.5) is 5.82 Å². The fraction of sp³-hybridized carbons (Fsp3) is 0.412. The van der Waals surface area contributed by atoms with Gasteiger partial charge in [0.25, 0.3) is 0 Å². The van der Waals surface area contributed by atoms with Gasteiger partial charge in [0.05, 0.1) is 13.2 Å². The Morgan fingerprint density at radius 3 is 2.95 bits per heavy atom. The lowest BCUT2D eigenvalue weighted by Gasteiger charge is -2.27. The zero-order chi connectivity index (χ0) is 15.5. The van der Waals surface area contributed by atoms with Gasteiger partial charge in [-0.3, -0.25) is 0 Å². The second-order valence-electron chi connectivity index (χ2n) is 5.49. The summed E-state index contributed by atoms with van der Waals surface area (Å²) >= 11 is 0. The van der Waals surface area contributed by atoms with Crippen molar-refractivity contribution in [2.75, 3.05) is 19.0 Å². The summed E-state index contributed by atoms with van der Waals surface area (Å²) in [6.07, 6.45) is 1.74. The molecule has 3 rings (SSSR count). The van der Waals surface area contributed by atoms with Crippen LogP contribution in [-0.2, 0) is 12.8 Å². The lowest BCUT2D eigenvalue weighted by Crippen LogP contribution is -2.33. The summed E-state index contributed by atoms with van der Waals surface area (Å²) in [5.74, 6) is 3.47. The van der Waals surface area contributed by atoms with E-state index in [4.69, 9.17) is 9.47 Å². The van der Waals surface area contributed by atoms with Gasteiger partial charge in [0.2, 0.25) is 0 Å². The highest BCUT2D eigenvalue weighted by Gasteiger charge is 2.20. The first-order valence-corrected chi connectivity index (χ1v) is 7.58. The number of benzene rings is 1. The number of hydrogen-bond acceptors (Lipinski definition) is 5. The van der Waals surface area contributed by atoms with Crippen molar-refractivity contribution in [2.45, 2.75) is 32.7 Å². The Bertz CT molecular complexity index is 673. The first-order valence-electron chi connectivity index (χ1n) is 7.58. The van der Waals surface area contributed by atoms with E-state index in [1.54, 1.807) is 7.11 Å². The van der Waals surface area contributed by atoms with Crippen LogP contribution in [0.15, 0.2) is 24.3 Å². The molecule has 2 heterocycles. The molecule has 1 aliphatic heterocycles. The molecule has 1 aromatic heterocycles. The molecule has 5 nitrogen and oxygen atoms in total. The van der Waals surface area contributed by atoms with Gasteiger partial charge in [0.15, 0.2) is 0 Å². The molecule has 1 N–H and O–H groups in total. The minimum atomic E-state index is 0.208. The third kappa shape index (κ3) is 3.13. The first kappa shape index (κ1) is 14.6. The summed E-state index contributed by atoms with van der Waals surface area (Å²) in [6, 6.07) is 8.15. The van der Waals surface area contributed by atoms with Gasteiger partial charge in [-0.15, -0.1) is 0 Å². The Morgan fingerprint density at radius 1 is 1.32 bits per heavy atom. The number of nitrogens with one attached hydrogen (secondary N) is 1. The number of hydrogen-bond donors (Lipinski definition) is 1. The van der Waals surface area contributed by atoms with E-state index in [2.05, 4.69) is 28.3 Å². The number of aromatic nitrogens is 2. The highest BCUT2D eigenvalue weighted by Crippen LogP contribution is 2.29. The Labute approximate surface area is 130 Å². The van der Waals surface area contributed by atoms with Crippen molar-refractivity contribution in [1.82, 2.24) is 9.97 Å². The SMILES string of the molecule is CCc1nc(C)cc(NC2COc3cc(OC)ccc3C2)n1. The maximum atomic E-state index is 5.85. The predicted octanol–water partition coefficient (Wildman–Crippen LogP) is 2.77. The van der Waals surface area contributed by atoms with Crippen LogP contribution < -0.4 is 14.8 Å². The number of nitrogens with zero attached hydrogens (tertiary/aromatic N) is 2. The predicted molar refractivity (Wildman–Crippen MR) is 85.8 cm³/mol. The summed E-state index contributed by atoms with van der Waals surface area (Å²) in [7, 11) is 1.66. The van der Waals surface area contributed by atoms with Crippen LogP contribution >= 0.6 is 0 Å². The van der Waals surface area contributed by atoms with Crippen LogP contribution in [-0.4, -0.2) is 29.7 Å². The molecule has 0 spiro atoms. The molecule has 1 aliphatic rings. The van der Waals surface area contributed by atoms with Gasteiger partial charge in [0.1, 0.15) is 29.7 Å². The molecule has 0 saturated carbocycles. The lowest BCUT2D eigenvalue weighted by atomic mass is 10.0. The maximum absolute atomic E-state index is 5.85. The van der Waals surface area contributed by atoms with Crippen LogP contribution in [0.2, 0.25) is 0 Å². The van der Waals surface area contributed by atoms with Gasteiger partial charge in [-0.05, 0) is 25.0 Å². The molecule has 1 unspecified atom stereocenters. The number of rotatable bonds is 4. The van der Waals surface area contributed by atoms with Crippen LogP contribution in [0.3, 0.4) is 0 Å². The highest BCUT2D eigenvalue weighted by atomic mass is 16.5. The summed E-state index contributed by atoms with van der Waals surface area (Å²) in [5.41, 5.74) is 2.17. The van der Waals surface area contributed by atoms with E-state index in [1.165, 1.54) is 5.56 Å². The third-order valence-electron chi connectivity index (χ3n) is 3.75. The molecule has 0 fully saturated rings. The lowest BCUT2D eigenvalue weighted by molar-refractivity contribution is 0.270. The van der Waals surface area contributed by atoms with Crippen molar-refractivity contribution in [3.8, 4) is 11.5 Å². The molecule has 116 valence electrons.